The zero-order valence-corrected chi connectivity index (χ0v) is 10.9. The van der Waals surface area contributed by atoms with Crippen LogP contribution < -0.4 is 10.1 Å². The van der Waals surface area contributed by atoms with E-state index in [4.69, 9.17) is 4.74 Å². The number of piperazine rings is 1. The molecule has 0 unspecified atom stereocenters. The maximum absolute atomic E-state index is 5.46. The average molecular weight is 244 g/mol. The topological polar surface area (TPSA) is 24.5 Å². The molecule has 18 heavy (non-hydrogen) atoms. The van der Waals surface area contributed by atoms with Crippen LogP contribution in [0.1, 0.15) is 12.5 Å². The first-order chi connectivity index (χ1) is 8.88. The lowest BCUT2D eigenvalue weighted by Crippen LogP contribution is -2.43. The second-order valence-corrected chi connectivity index (χ2v) is 4.29. The third-order valence-corrected chi connectivity index (χ3v) is 2.89. The molecule has 1 saturated heterocycles. The highest BCUT2D eigenvalue weighted by atomic mass is 16.5. The van der Waals surface area contributed by atoms with Crippen molar-refractivity contribution in [1.82, 2.24) is 10.2 Å². The highest BCUT2D eigenvalue weighted by Gasteiger charge is 2.06. The molecule has 1 heterocycles. The maximum atomic E-state index is 5.46. The Morgan fingerprint density at radius 3 is 2.94 bits per heavy atom. The van der Waals surface area contributed by atoms with Gasteiger partial charge in [-0.1, -0.05) is 17.9 Å². The Balaban J connectivity index is 1.90. The summed E-state index contributed by atoms with van der Waals surface area (Å²) in [4.78, 5) is 2.37. The molecule has 0 radical (unpaired) electrons. The van der Waals surface area contributed by atoms with Crippen molar-refractivity contribution in [3.63, 3.8) is 0 Å². The van der Waals surface area contributed by atoms with Gasteiger partial charge >= 0.3 is 0 Å². The van der Waals surface area contributed by atoms with E-state index in [1.807, 2.05) is 31.2 Å². The predicted octanol–water partition coefficient (Wildman–Crippen LogP) is 1.34. The Bertz CT molecular complexity index is 428. The average Bonchev–Trinajstić information content (AvgIpc) is 2.41. The molecule has 0 aromatic heterocycles. The van der Waals surface area contributed by atoms with Gasteiger partial charge in [-0.05, 0) is 25.1 Å². The van der Waals surface area contributed by atoms with Gasteiger partial charge in [0.25, 0.3) is 0 Å². The molecule has 0 bridgehead atoms. The minimum Gasteiger partial charge on any atom is -0.494 e. The van der Waals surface area contributed by atoms with E-state index in [0.29, 0.717) is 6.61 Å². The smallest absolute Gasteiger partial charge is 0.120 e. The van der Waals surface area contributed by atoms with Crippen molar-refractivity contribution < 1.29 is 4.74 Å². The predicted molar refractivity (Wildman–Crippen MR) is 73.8 cm³/mol. The second-order valence-electron chi connectivity index (χ2n) is 4.29. The summed E-state index contributed by atoms with van der Waals surface area (Å²) in [5.74, 6) is 7.33. The van der Waals surface area contributed by atoms with Gasteiger partial charge in [-0.25, -0.2) is 0 Å². The fourth-order valence-electron chi connectivity index (χ4n) is 1.95. The van der Waals surface area contributed by atoms with E-state index in [1.165, 1.54) is 0 Å². The number of benzene rings is 1. The van der Waals surface area contributed by atoms with Gasteiger partial charge in [0.05, 0.1) is 13.2 Å². The van der Waals surface area contributed by atoms with Crippen LogP contribution in [-0.4, -0.2) is 44.2 Å². The fourth-order valence-corrected chi connectivity index (χ4v) is 1.95. The highest BCUT2D eigenvalue weighted by molar-refractivity contribution is 5.39. The van der Waals surface area contributed by atoms with Gasteiger partial charge in [-0.2, -0.15) is 0 Å². The summed E-state index contributed by atoms with van der Waals surface area (Å²) in [6, 6.07) is 7.96. The number of hydrogen-bond acceptors (Lipinski definition) is 3. The fraction of sp³-hybridized carbons (Fsp3) is 0.467. The van der Waals surface area contributed by atoms with E-state index in [1.54, 1.807) is 0 Å². The molecule has 1 N–H and O–H groups in total. The van der Waals surface area contributed by atoms with Gasteiger partial charge in [-0.3, -0.25) is 4.90 Å². The van der Waals surface area contributed by atoms with Crippen molar-refractivity contribution in [3.8, 4) is 17.6 Å². The summed E-state index contributed by atoms with van der Waals surface area (Å²) < 4.78 is 5.46. The molecule has 1 fully saturated rings. The third kappa shape index (κ3) is 4.06. The summed E-state index contributed by atoms with van der Waals surface area (Å²) in [7, 11) is 0. The Kier molecular flexibility index (Phi) is 5.07. The molecule has 0 aliphatic carbocycles. The summed E-state index contributed by atoms with van der Waals surface area (Å²) in [5, 5.41) is 3.34. The SMILES string of the molecule is CCOc1cccc(C#CCN2CCNCC2)c1. The number of hydrogen-bond donors (Lipinski definition) is 1. The van der Waals surface area contributed by atoms with Gasteiger partial charge in [0.1, 0.15) is 5.75 Å². The van der Waals surface area contributed by atoms with E-state index >= 15 is 0 Å². The number of ether oxygens (including phenoxy) is 1. The van der Waals surface area contributed by atoms with E-state index in [0.717, 1.165) is 44.0 Å². The van der Waals surface area contributed by atoms with Gasteiger partial charge in [0, 0.05) is 31.7 Å². The molecule has 2 rings (SSSR count). The quantitative estimate of drug-likeness (QED) is 0.812. The van der Waals surface area contributed by atoms with Crippen molar-refractivity contribution in [2.24, 2.45) is 0 Å². The molecule has 1 aliphatic heterocycles. The van der Waals surface area contributed by atoms with Crippen LogP contribution in [-0.2, 0) is 0 Å². The van der Waals surface area contributed by atoms with Crippen molar-refractivity contribution in [2.75, 3.05) is 39.3 Å². The Morgan fingerprint density at radius 1 is 1.33 bits per heavy atom. The van der Waals surface area contributed by atoms with Crippen LogP contribution >= 0.6 is 0 Å². The van der Waals surface area contributed by atoms with E-state index in [-0.39, 0.29) is 0 Å². The van der Waals surface area contributed by atoms with Crippen LogP contribution in [0.3, 0.4) is 0 Å². The Labute approximate surface area is 109 Å². The minimum absolute atomic E-state index is 0.692. The first-order valence-corrected chi connectivity index (χ1v) is 6.53. The van der Waals surface area contributed by atoms with Gasteiger partial charge < -0.3 is 10.1 Å². The minimum atomic E-state index is 0.692. The molecule has 0 spiro atoms. The molecule has 1 aromatic carbocycles. The first-order valence-electron chi connectivity index (χ1n) is 6.53. The zero-order chi connectivity index (χ0) is 12.6. The van der Waals surface area contributed by atoms with Crippen molar-refractivity contribution >= 4 is 0 Å². The van der Waals surface area contributed by atoms with Crippen molar-refractivity contribution in [3.05, 3.63) is 29.8 Å². The van der Waals surface area contributed by atoms with Crippen LogP contribution in [0, 0.1) is 11.8 Å². The maximum Gasteiger partial charge on any atom is 0.120 e. The third-order valence-electron chi connectivity index (χ3n) is 2.89. The molecule has 96 valence electrons. The van der Waals surface area contributed by atoms with Crippen LogP contribution in [0.15, 0.2) is 24.3 Å². The first kappa shape index (κ1) is 12.9. The summed E-state index contributed by atoms with van der Waals surface area (Å²) in [6.07, 6.45) is 0. The zero-order valence-electron chi connectivity index (χ0n) is 10.9. The standard InChI is InChI=1S/C15H20N2O/c1-2-18-15-7-3-5-14(13-15)6-4-10-17-11-8-16-9-12-17/h3,5,7,13,16H,2,8-12H2,1H3. The van der Waals surface area contributed by atoms with Crippen molar-refractivity contribution in [2.45, 2.75) is 6.92 Å². The lowest BCUT2D eigenvalue weighted by atomic mass is 10.2. The molecule has 0 amide bonds. The van der Waals surface area contributed by atoms with Crippen LogP contribution in [0.2, 0.25) is 0 Å². The molecule has 3 heteroatoms. The van der Waals surface area contributed by atoms with E-state index < -0.39 is 0 Å². The van der Waals surface area contributed by atoms with Gasteiger partial charge in [0.15, 0.2) is 0 Å². The van der Waals surface area contributed by atoms with Crippen molar-refractivity contribution in [1.29, 1.82) is 0 Å². The molecule has 1 aromatic rings. The number of rotatable bonds is 3. The molecule has 1 aliphatic rings. The van der Waals surface area contributed by atoms with Gasteiger partial charge in [0.2, 0.25) is 0 Å². The summed E-state index contributed by atoms with van der Waals surface area (Å²) in [5.41, 5.74) is 1.02. The van der Waals surface area contributed by atoms with Gasteiger partial charge in [-0.15, -0.1) is 0 Å². The van der Waals surface area contributed by atoms with E-state index in [9.17, 15) is 0 Å². The molecule has 0 saturated carbocycles. The van der Waals surface area contributed by atoms with E-state index in [2.05, 4.69) is 22.1 Å². The Morgan fingerprint density at radius 2 is 2.17 bits per heavy atom. The number of nitrogens with zero attached hydrogens (tertiary/aromatic N) is 1. The van der Waals surface area contributed by atoms with Crippen LogP contribution in [0.4, 0.5) is 0 Å². The molecular weight excluding hydrogens is 224 g/mol. The number of nitrogens with one attached hydrogen (secondary N) is 1. The van der Waals surface area contributed by atoms with Crippen LogP contribution in [0.5, 0.6) is 5.75 Å². The second kappa shape index (κ2) is 7.05. The lowest BCUT2D eigenvalue weighted by molar-refractivity contribution is 0.268. The normalized spacial score (nSPS) is 15.8. The van der Waals surface area contributed by atoms with Crippen LogP contribution in [0.25, 0.3) is 0 Å². The summed E-state index contributed by atoms with van der Waals surface area (Å²) >= 11 is 0. The largest absolute Gasteiger partial charge is 0.494 e. The Hall–Kier alpha value is -1.50. The molecule has 0 atom stereocenters. The molecule has 3 nitrogen and oxygen atoms in total. The summed E-state index contributed by atoms with van der Waals surface area (Å²) in [6.45, 7) is 7.85. The highest BCUT2D eigenvalue weighted by Crippen LogP contribution is 2.12. The molecular formula is C15H20N2O. The monoisotopic (exact) mass is 244 g/mol. The lowest BCUT2D eigenvalue weighted by Gasteiger charge is -2.24.